The van der Waals surface area contributed by atoms with Gasteiger partial charge in [-0.25, -0.2) is 4.79 Å². The zero-order chi connectivity index (χ0) is 11.4. The van der Waals surface area contributed by atoms with Crippen LogP contribution in [-0.2, 0) is 11.3 Å². The van der Waals surface area contributed by atoms with E-state index in [1.807, 2.05) is 6.07 Å². The molecule has 0 spiro atoms. The number of hydrogen-bond acceptors (Lipinski definition) is 5. The second-order valence-corrected chi connectivity index (χ2v) is 3.27. The van der Waals surface area contributed by atoms with Gasteiger partial charge in [0.1, 0.15) is 0 Å². The van der Waals surface area contributed by atoms with Crippen molar-refractivity contribution in [2.24, 2.45) is 0 Å². The Labute approximate surface area is 92.5 Å². The molecule has 0 saturated heterocycles. The molecule has 4 nitrogen and oxygen atoms in total. The molecule has 0 aliphatic rings. The second kappa shape index (κ2) is 4.82. The highest BCUT2D eigenvalue weighted by atomic mass is 32.1. The molecule has 0 aromatic heterocycles. The topological polar surface area (TPSA) is 70.3 Å². The molecular formula is C10H9NO3S. The molecule has 0 aliphatic heterocycles. The van der Waals surface area contributed by atoms with E-state index in [0.29, 0.717) is 16.0 Å². The standard InChI is InChI=1S/C10H9NO3S/c1-14-10(13)9-7(5-12)2-6(4-11)3-8(9)15/h2-3,12,15H,5H2,1H3. The van der Waals surface area contributed by atoms with Gasteiger partial charge in [-0.1, -0.05) is 0 Å². The van der Waals surface area contributed by atoms with Crippen molar-refractivity contribution in [1.29, 1.82) is 5.26 Å². The predicted octanol–water partition coefficient (Wildman–Crippen LogP) is 1.13. The van der Waals surface area contributed by atoms with Crippen LogP contribution in [0.4, 0.5) is 0 Å². The molecule has 1 aromatic rings. The molecule has 1 N–H and O–H groups in total. The van der Waals surface area contributed by atoms with Crippen LogP contribution >= 0.6 is 12.6 Å². The fourth-order valence-electron chi connectivity index (χ4n) is 1.21. The van der Waals surface area contributed by atoms with Crippen molar-refractivity contribution < 1.29 is 14.6 Å². The van der Waals surface area contributed by atoms with Crippen molar-refractivity contribution in [2.45, 2.75) is 11.5 Å². The van der Waals surface area contributed by atoms with E-state index in [4.69, 9.17) is 10.4 Å². The number of carbonyl (C=O) groups is 1. The summed E-state index contributed by atoms with van der Waals surface area (Å²) in [5.41, 5.74) is 0.880. The van der Waals surface area contributed by atoms with Crippen molar-refractivity contribution in [1.82, 2.24) is 0 Å². The quantitative estimate of drug-likeness (QED) is 0.582. The molecule has 1 rings (SSSR count). The van der Waals surface area contributed by atoms with Crippen molar-refractivity contribution in [3.63, 3.8) is 0 Å². The third-order valence-corrected chi connectivity index (χ3v) is 2.24. The highest BCUT2D eigenvalue weighted by Gasteiger charge is 2.16. The summed E-state index contributed by atoms with van der Waals surface area (Å²) in [7, 11) is 1.24. The van der Waals surface area contributed by atoms with Crippen LogP contribution in [0.3, 0.4) is 0 Å². The van der Waals surface area contributed by atoms with Crippen molar-refractivity contribution in [2.75, 3.05) is 7.11 Å². The SMILES string of the molecule is COC(=O)c1c(S)cc(C#N)cc1CO. The van der Waals surface area contributed by atoms with Crippen molar-refractivity contribution in [3.8, 4) is 6.07 Å². The van der Waals surface area contributed by atoms with Crippen LogP contribution in [0.15, 0.2) is 17.0 Å². The van der Waals surface area contributed by atoms with E-state index in [2.05, 4.69) is 17.4 Å². The van der Waals surface area contributed by atoms with Gasteiger partial charge in [-0.2, -0.15) is 5.26 Å². The summed E-state index contributed by atoms with van der Waals surface area (Å²) in [4.78, 5) is 11.7. The Morgan fingerprint density at radius 3 is 2.80 bits per heavy atom. The van der Waals surface area contributed by atoms with Gasteiger partial charge in [0, 0.05) is 4.90 Å². The van der Waals surface area contributed by atoms with Gasteiger partial charge >= 0.3 is 5.97 Å². The monoisotopic (exact) mass is 223 g/mol. The van der Waals surface area contributed by atoms with E-state index in [0.717, 1.165) is 0 Å². The van der Waals surface area contributed by atoms with Gasteiger partial charge in [0.05, 0.1) is 30.9 Å². The number of ether oxygens (including phenoxy) is 1. The van der Waals surface area contributed by atoms with Crippen LogP contribution in [-0.4, -0.2) is 18.2 Å². The lowest BCUT2D eigenvalue weighted by atomic mass is 10.0. The average Bonchev–Trinajstić information content (AvgIpc) is 2.26. The number of esters is 1. The van der Waals surface area contributed by atoms with E-state index >= 15 is 0 Å². The molecule has 0 amide bonds. The van der Waals surface area contributed by atoms with Gasteiger partial charge < -0.3 is 9.84 Å². The van der Waals surface area contributed by atoms with E-state index in [1.54, 1.807) is 0 Å². The molecule has 0 bridgehead atoms. The van der Waals surface area contributed by atoms with Crippen LogP contribution < -0.4 is 0 Å². The number of nitriles is 1. The number of methoxy groups -OCH3 is 1. The summed E-state index contributed by atoms with van der Waals surface area (Å²) < 4.78 is 4.55. The van der Waals surface area contributed by atoms with Crippen LogP contribution in [0.25, 0.3) is 0 Å². The first-order chi connectivity index (χ1) is 7.13. The molecular weight excluding hydrogens is 214 g/mol. The van der Waals surface area contributed by atoms with Gasteiger partial charge in [-0.15, -0.1) is 12.6 Å². The van der Waals surface area contributed by atoms with Gasteiger partial charge in [-0.05, 0) is 17.7 Å². The first-order valence-corrected chi connectivity index (χ1v) is 4.54. The Hall–Kier alpha value is -1.51. The number of benzene rings is 1. The van der Waals surface area contributed by atoms with Crippen LogP contribution in [0, 0.1) is 11.3 Å². The second-order valence-electron chi connectivity index (χ2n) is 2.79. The first kappa shape index (κ1) is 11.6. The largest absolute Gasteiger partial charge is 0.465 e. The lowest BCUT2D eigenvalue weighted by molar-refractivity contribution is 0.0593. The zero-order valence-corrected chi connectivity index (χ0v) is 8.91. The maximum absolute atomic E-state index is 11.3. The third-order valence-electron chi connectivity index (χ3n) is 1.89. The van der Waals surface area contributed by atoms with Crippen molar-refractivity contribution in [3.05, 3.63) is 28.8 Å². The molecule has 0 fully saturated rings. The highest BCUT2D eigenvalue weighted by Crippen LogP contribution is 2.22. The number of hydrogen-bond donors (Lipinski definition) is 2. The minimum Gasteiger partial charge on any atom is -0.465 e. The fourth-order valence-corrected chi connectivity index (χ4v) is 1.59. The number of aliphatic hydroxyl groups excluding tert-OH is 1. The Morgan fingerprint density at radius 1 is 1.67 bits per heavy atom. The molecule has 0 heterocycles. The van der Waals surface area contributed by atoms with Crippen molar-refractivity contribution >= 4 is 18.6 Å². The molecule has 0 atom stereocenters. The first-order valence-electron chi connectivity index (χ1n) is 4.09. The third kappa shape index (κ3) is 2.29. The summed E-state index contributed by atoms with van der Waals surface area (Å²) in [6.45, 7) is -0.340. The number of carbonyl (C=O) groups excluding carboxylic acids is 1. The number of nitrogens with zero attached hydrogens (tertiary/aromatic N) is 1. The van der Waals surface area contributed by atoms with Gasteiger partial charge in [0.25, 0.3) is 0 Å². The molecule has 78 valence electrons. The Bertz CT molecular complexity index is 437. The van der Waals surface area contributed by atoms with Crippen LogP contribution in [0.1, 0.15) is 21.5 Å². The maximum atomic E-state index is 11.3. The lowest BCUT2D eigenvalue weighted by Crippen LogP contribution is -2.07. The molecule has 1 aromatic carbocycles. The number of rotatable bonds is 2. The molecule has 0 saturated carbocycles. The van der Waals surface area contributed by atoms with E-state index in [-0.39, 0.29) is 12.2 Å². The number of aliphatic hydroxyl groups is 1. The number of thiol groups is 1. The maximum Gasteiger partial charge on any atom is 0.339 e. The average molecular weight is 223 g/mol. The van der Waals surface area contributed by atoms with Gasteiger partial charge in [0.2, 0.25) is 0 Å². The van der Waals surface area contributed by atoms with Crippen LogP contribution in [0.5, 0.6) is 0 Å². The van der Waals surface area contributed by atoms with E-state index < -0.39 is 5.97 Å². The molecule has 5 heteroatoms. The molecule has 15 heavy (non-hydrogen) atoms. The lowest BCUT2D eigenvalue weighted by Gasteiger charge is -2.08. The Balaban J connectivity index is 3.39. The smallest absolute Gasteiger partial charge is 0.339 e. The van der Waals surface area contributed by atoms with E-state index in [1.165, 1.54) is 19.2 Å². The minimum absolute atomic E-state index is 0.197. The fraction of sp³-hybridized carbons (Fsp3) is 0.200. The Kier molecular flexibility index (Phi) is 3.72. The predicted molar refractivity (Wildman–Crippen MR) is 55.7 cm³/mol. The normalized spacial score (nSPS) is 9.47. The highest BCUT2D eigenvalue weighted by molar-refractivity contribution is 7.80. The molecule has 0 unspecified atom stereocenters. The van der Waals surface area contributed by atoms with Crippen LogP contribution in [0.2, 0.25) is 0 Å². The van der Waals surface area contributed by atoms with Gasteiger partial charge in [-0.3, -0.25) is 0 Å². The Morgan fingerprint density at radius 2 is 2.33 bits per heavy atom. The summed E-state index contributed by atoms with van der Waals surface area (Å²) >= 11 is 4.08. The van der Waals surface area contributed by atoms with Gasteiger partial charge in [0.15, 0.2) is 0 Å². The zero-order valence-electron chi connectivity index (χ0n) is 8.02. The molecule has 0 aliphatic carbocycles. The summed E-state index contributed by atoms with van der Waals surface area (Å²) in [6.07, 6.45) is 0. The summed E-state index contributed by atoms with van der Waals surface area (Å²) in [6, 6.07) is 4.80. The summed E-state index contributed by atoms with van der Waals surface area (Å²) in [5.74, 6) is -0.575. The van der Waals surface area contributed by atoms with E-state index in [9.17, 15) is 4.79 Å². The minimum atomic E-state index is -0.575. The molecule has 0 radical (unpaired) electrons. The summed E-state index contributed by atoms with van der Waals surface area (Å²) in [5, 5.41) is 17.7.